The number of nitrogens with zero attached hydrogens (tertiary/aromatic N) is 2. The molecule has 30 heavy (non-hydrogen) atoms. The van der Waals surface area contributed by atoms with Gasteiger partial charge in [-0.25, -0.2) is 0 Å². The van der Waals surface area contributed by atoms with E-state index in [1.54, 1.807) is 0 Å². The average molecular weight is 406 g/mol. The summed E-state index contributed by atoms with van der Waals surface area (Å²) in [6.45, 7) is 3.95. The molecular weight excluding hydrogens is 374 g/mol. The van der Waals surface area contributed by atoms with Crippen LogP contribution in [0.1, 0.15) is 44.1 Å². The molecule has 1 N–H and O–H groups in total. The van der Waals surface area contributed by atoms with E-state index >= 15 is 0 Å². The van der Waals surface area contributed by atoms with Crippen LogP contribution in [0, 0.1) is 23.2 Å². The van der Waals surface area contributed by atoms with Gasteiger partial charge in [0.25, 0.3) is 5.56 Å². The minimum atomic E-state index is -0.0353. The van der Waals surface area contributed by atoms with Gasteiger partial charge in [0.15, 0.2) is 0 Å². The van der Waals surface area contributed by atoms with Crippen LogP contribution in [0.5, 0.6) is 0 Å². The molecule has 5 nitrogen and oxygen atoms in total. The minimum absolute atomic E-state index is 0.000716. The van der Waals surface area contributed by atoms with Crippen molar-refractivity contribution in [3.8, 4) is 0 Å². The number of aromatic amines is 1. The highest BCUT2D eigenvalue weighted by molar-refractivity contribution is 5.83. The zero-order valence-corrected chi connectivity index (χ0v) is 17.6. The average Bonchev–Trinajstić information content (AvgIpc) is 2.73. The normalized spacial score (nSPS) is 33.3. The van der Waals surface area contributed by atoms with E-state index in [2.05, 4.69) is 14.8 Å². The largest absolute Gasteiger partial charge is 0.340 e. The van der Waals surface area contributed by atoms with Crippen LogP contribution in [-0.4, -0.2) is 46.9 Å². The molecule has 0 radical (unpaired) electrons. The number of aromatic nitrogens is 1. The van der Waals surface area contributed by atoms with Crippen molar-refractivity contribution in [2.24, 2.45) is 23.2 Å². The van der Waals surface area contributed by atoms with Gasteiger partial charge in [0, 0.05) is 43.8 Å². The highest BCUT2D eigenvalue weighted by Gasteiger charge is 2.55. The van der Waals surface area contributed by atoms with E-state index < -0.39 is 0 Å². The number of amides is 1. The summed E-state index contributed by atoms with van der Waals surface area (Å²) in [7, 11) is 0. The molecule has 4 bridgehead atoms. The third-order valence-corrected chi connectivity index (χ3v) is 8.38. The maximum absolute atomic E-state index is 13.6. The number of piperazine rings is 1. The fourth-order valence-corrected chi connectivity index (χ4v) is 7.37. The second kappa shape index (κ2) is 6.94. The molecule has 5 fully saturated rings. The Kier molecular flexibility index (Phi) is 4.31. The van der Waals surface area contributed by atoms with Crippen molar-refractivity contribution in [1.29, 1.82) is 0 Å². The van der Waals surface area contributed by atoms with Crippen LogP contribution in [-0.2, 0) is 11.3 Å². The summed E-state index contributed by atoms with van der Waals surface area (Å²) in [6.07, 6.45) is 7.56. The first-order valence-corrected chi connectivity index (χ1v) is 11.7. The summed E-state index contributed by atoms with van der Waals surface area (Å²) in [5.74, 6) is 2.87. The lowest BCUT2D eigenvalue weighted by Crippen LogP contribution is -2.58. The number of carbonyl (C=O) groups is 1. The molecule has 7 rings (SSSR count). The lowest BCUT2D eigenvalue weighted by atomic mass is 9.49. The van der Waals surface area contributed by atoms with Gasteiger partial charge in [0.2, 0.25) is 5.91 Å². The summed E-state index contributed by atoms with van der Waals surface area (Å²) in [4.78, 5) is 33.5. The Balaban J connectivity index is 1.12. The van der Waals surface area contributed by atoms with Gasteiger partial charge in [-0.15, -0.1) is 0 Å². The number of H-pyrrole nitrogens is 1. The number of rotatable bonds is 3. The van der Waals surface area contributed by atoms with Crippen molar-refractivity contribution < 1.29 is 4.79 Å². The number of hydrogen-bond acceptors (Lipinski definition) is 3. The summed E-state index contributed by atoms with van der Waals surface area (Å²) >= 11 is 0. The maximum atomic E-state index is 13.6. The number of pyridine rings is 1. The van der Waals surface area contributed by atoms with Gasteiger partial charge in [0.1, 0.15) is 0 Å². The van der Waals surface area contributed by atoms with Crippen LogP contribution < -0.4 is 5.56 Å². The number of hydrogen-bond donors (Lipinski definition) is 1. The highest BCUT2D eigenvalue weighted by atomic mass is 16.2. The molecule has 1 aliphatic heterocycles. The predicted molar refractivity (Wildman–Crippen MR) is 117 cm³/mol. The molecule has 5 aliphatic rings. The van der Waals surface area contributed by atoms with Gasteiger partial charge in [-0.3, -0.25) is 14.5 Å². The first-order chi connectivity index (χ1) is 14.6. The molecule has 0 spiro atoms. The van der Waals surface area contributed by atoms with Crippen molar-refractivity contribution in [3.05, 3.63) is 46.2 Å². The molecule has 4 aliphatic carbocycles. The third kappa shape index (κ3) is 3.09. The quantitative estimate of drug-likeness (QED) is 0.852. The standard InChI is InChI=1S/C25H31N3O2/c29-23-21(12-20-3-1-2-4-22(20)26-23)16-27-5-7-28(8-6-27)24(30)25-13-17-9-18(14-25)11-19(10-17)15-25/h1-4,12,17-19H,5-11,13-16H2,(H,26,29). The summed E-state index contributed by atoms with van der Waals surface area (Å²) in [6, 6.07) is 9.94. The molecule has 2 aromatic rings. The first-order valence-electron chi connectivity index (χ1n) is 11.7. The van der Waals surface area contributed by atoms with E-state index in [4.69, 9.17) is 0 Å². The number of nitrogens with one attached hydrogen (secondary N) is 1. The van der Waals surface area contributed by atoms with Crippen LogP contribution in [0.25, 0.3) is 10.9 Å². The van der Waals surface area contributed by atoms with Gasteiger partial charge in [-0.05, 0) is 73.8 Å². The number of para-hydroxylation sites is 1. The Morgan fingerprint density at radius 1 is 0.967 bits per heavy atom. The zero-order valence-electron chi connectivity index (χ0n) is 17.6. The van der Waals surface area contributed by atoms with E-state index in [1.165, 1.54) is 19.3 Å². The zero-order chi connectivity index (χ0) is 20.3. The maximum Gasteiger partial charge on any atom is 0.252 e. The number of benzene rings is 1. The van der Waals surface area contributed by atoms with Gasteiger partial charge < -0.3 is 9.88 Å². The topological polar surface area (TPSA) is 56.4 Å². The van der Waals surface area contributed by atoms with E-state index in [-0.39, 0.29) is 11.0 Å². The summed E-state index contributed by atoms with van der Waals surface area (Å²) < 4.78 is 0. The first kappa shape index (κ1) is 18.6. The molecule has 1 aromatic heterocycles. The van der Waals surface area contributed by atoms with Gasteiger partial charge in [-0.2, -0.15) is 0 Å². The molecule has 4 saturated carbocycles. The minimum Gasteiger partial charge on any atom is -0.340 e. The Morgan fingerprint density at radius 2 is 1.60 bits per heavy atom. The van der Waals surface area contributed by atoms with Crippen molar-refractivity contribution in [3.63, 3.8) is 0 Å². The molecule has 0 unspecified atom stereocenters. The van der Waals surface area contributed by atoms with Crippen molar-refractivity contribution in [2.45, 2.75) is 45.1 Å². The fraction of sp³-hybridized carbons (Fsp3) is 0.600. The molecule has 2 heterocycles. The van der Waals surface area contributed by atoms with E-state index in [9.17, 15) is 9.59 Å². The smallest absolute Gasteiger partial charge is 0.252 e. The van der Waals surface area contributed by atoms with Crippen LogP contribution in [0.2, 0.25) is 0 Å². The Morgan fingerprint density at radius 3 is 2.27 bits per heavy atom. The van der Waals surface area contributed by atoms with Crippen molar-refractivity contribution in [1.82, 2.24) is 14.8 Å². The Hall–Kier alpha value is -2.14. The molecule has 1 amide bonds. The number of fused-ring (bicyclic) bond motifs is 1. The monoisotopic (exact) mass is 405 g/mol. The van der Waals surface area contributed by atoms with Crippen LogP contribution in [0.3, 0.4) is 0 Å². The van der Waals surface area contributed by atoms with Crippen LogP contribution in [0.4, 0.5) is 0 Å². The number of carbonyl (C=O) groups excluding carboxylic acids is 1. The Bertz CT molecular complexity index is 999. The van der Waals surface area contributed by atoms with Crippen LogP contribution >= 0.6 is 0 Å². The molecular formula is C25H31N3O2. The molecule has 158 valence electrons. The molecule has 0 atom stereocenters. The van der Waals surface area contributed by atoms with E-state index in [1.807, 2.05) is 30.3 Å². The van der Waals surface area contributed by atoms with Gasteiger partial charge >= 0.3 is 0 Å². The third-order valence-electron chi connectivity index (χ3n) is 8.38. The second-order valence-corrected chi connectivity index (χ2v) is 10.5. The van der Waals surface area contributed by atoms with Crippen molar-refractivity contribution >= 4 is 16.8 Å². The SMILES string of the molecule is O=C(N1CCN(Cc2cc3ccccc3[nH]c2=O)CC1)C12CC3CC(CC(C3)C1)C2. The van der Waals surface area contributed by atoms with Gasteiger partial charge in [0.05, 0.1) is 5.41 Å². The summed E-state index contributed by atoms with van der Waals surface area (Å²) in [5, 5.41) is 1.07. The highest BCUT2D eigenvalue weighted by Crippen LogP contribution is 2.60. The fourth-order valence-electron chi connectivity index (χ4n) is 7.37. The molecule has 5 heteroatoms. The van der Waals surface area contributed by atoms with E-state index in [0.717, 1.165) is 79.7 Å². The molecule has 1 aromatic carbocycles. The van der Waals surface area contributed by atoms with Crippen molar-refractivity contribution in [2.75, 3.05) is 26.2 Å². The lowest BCUT2D eigenvalue weighted by molar-refractivity contribution is -0.159. The summed E-state index contributed by atoms with van der Waals surface area (Å²) in [5.41, 5.74) is 1.67. The second-order valence-electron chi connectivity index (χ2n) is 10.5. The van der Waals surface area contributed by atoms with Crippen LogP contribution in [0.15, 0.2) is 35.1 Å². The lowest BCUT2D eigenvalue weighted by Gasteiger charge is -2.57. The predicted octanol–water partition coefficient (Wildman–Crippen LogP) is 3.39. The molecule has 1 saturated heterocycles. The van der Waals surface area contributed by atoms with Gasteiger partial charge in [-0.1, -0.05) is 18.2 Å². The Labute approximate surface area is 177 Å². The van der Waals surface area contributed by atoms with E-state index in [0.29, 0.717) is 12.5 Å².